The van der Waals surface area contributed by atoms with Crippen LogP contribution in [-0.4, -0.2) is 32.5 Å². The van der Waals surface area contributed by atoms with Crippen LogP contribution in [0.15, 0.2) is 96.1 Å². The Morgan fingerprint density at radius 3 is 2.55 bits per heavy atom. The maximum atomic E-state index is 13.6. The highest BCUT2D eigenvalue weighted by Crippen LogP contribution is 2.28. The molecular weight excluding hydrogens is 506 g/mol. The SMILES string of the molecule is COc1ccc(C(=O)c2ccc(=O)n(-c3ccccc3C)c2)c(OCc2cn(Cc3ccc(C#N)cc3)nn2)c1. The van der Waals surface area contributed by atoms with Crippen LogP contribution in [0, 0.1) is 18.3 Å². The molecule has 0 aliphatic heterocycles. The molecule has 0 radical (unpaired) electrons. The van der Waals surface area contributed by atoms with Gasteiger partial charge in [-0.05, 0) is 54.4 Å². The van der Waals surface area contributed by atoms with Crippen molar-refractivity contribution >= 4 is 5.78 Å². The van der Waals surface area contributed by atoms with Gasteiger partial charge < -0.3 is 9.47 Å². The molecule has 0 unspecified atom stereocenters. The van der Waals surface area contributed by atoms with Gasteiger partial charge in [0.25, 0.3) is 5.56 Å². The van der Waals surface area contributed by atoms with Gasteiger partial charge in [0.2, 0.25) is 0 Å². The average molecular weight is 532 g/mol. The van der Waals surface area contributed by atoms with Gasteiger partial charge in [-0.25, -0.2) is 4.68 Å². The van der Waals surface area contributed by atoms with Crippen molar-refractivity contribution in [2.24, 2.45) is 0 Å². The first-order chi connectivity index (χ1) is 19.4. The number of nitriles is 1. The minimum absolute atomic E-state index is 0.0729. The van der Waals surface area contributed by atoms with Crippen LogP contribution in [0.4, 0.5) is 0 Å². The second-order valence-electron chi connectivity index (χ2n) is 9.11. The Bertz CT molecular complexity index is 1780. The Morgan fingerprint density at radius 2 is 1.80 bits per heavy atom. The number of carbonyl (C=O) groups is 1. The smallest absolute Gasteiger partial charge is 0.255 e. The maximum absolute atomic E-state index is 13.6. The Balaban J connectivity index is 1.37. The molecule has 2 aromatic heterocycles. The summed E-state index contributed by atoms with van der Waals surface area (Å²) in [6.45, 7) is 2.47. The monoisotopic (exact) mass is 531 g/mol. The molecule has 0 saturated carbocycles. The van der Waals surface area contributed by atoms with Crippen LogP contribution in [-0.2, 0) is 13.2 Å². The van der Waals surface area contributed by atoms with Crippen molar-refractivity contribution in [3.05, 3.63) is 135 Å². The summed E-state index contributed by atoms with van der Waals surface area (Å²) >= 11 is 0. The second-order valence-corrected chi connectivity index (χ2v) is 9.11. The number of nitrogens with zero attached hydrogens (tertiary/aromatic N) is 5. The first kappa shape index (κ1) is 26.1. The van der Waals surface area contributed by atoms with E-state index in [1.54, 1.807) is 47.4 Å². The van der Waals surface area contributed by atoms with E-state index < -0.39 is 0 Å². The van der Waals surface area contributed by atoms with E-state index in [-0.39, 0.29) is 17.9 Å². The van der Waals surface area contributed by atoms with Crippen molar-refractivity contribution < 1.29 is 14.3 Å². The van der Waals surface area contributed by atoms with Gasteiger partial charge in [0.1, 0.15) is 23.8 Å². The normalized spacial score (nSPS) is 10.6. The quantitative estimate of drug-likeness (QED) is 0.258. The number of aromatic nitrogens is 4. The lowest BCUT2D eigenvalue weighted by Crippen LogP contribution is -2.19. The first-order valence-electron chi connectivity index (χ1n) is 12.5. The molecule has 0 aliphatic carbocycles. The van der Waals surface area contributed by atoms with Crippen LogP contribution in [0.2, 0.25) is 0 Å². The fraction of sp³-hybridized carbons (Fsp3) is 0.129. The fourth-order valence-electron chi connectivity index (χ4n) is 4.24. The van der Waals surface area contributed by atoms with Gasteiger partial charge in [-0.2, -0.15) is 5.26 Å². The van der Waals surface area contributed by atoms with Crippen LogP contribution in [0.5, 0.6) is 11.5 Å². The number of methoxy groups -OCH3 is 1. The largest absolute Gasteiger partial charge is 0.497 e. The van der Waals surface area contributed by atoms with Crippen molar-refractivity contribution in [3.8, 4) is 23.3 Å². The number of ether oxygens (including phenoxy) is 2. The zero-order valence-electron chi connectivity index (χ0n) is 21.9. The third kappa shape index (κ3) is 5.66. The molecule has 40 heavy (non-hydrogen) atoms. The second kappa shape index (κ2) is 11.5. The van der Waals surface area contributed by atoms with Crippen molar-refractivity contribution in [2.45, 2.75) is 20.1 Å². The van der Waals surface area contributed by atoms with Crippen molar-refractivity contribution in [2.75, 3.05) is 7.11 Å². The van der Waals surface area contributed by atoms with E-state index in [9.17, 15) is 9.59 Å². The minimum Gasteiger partial charge on any atom is -0.497 e. The van der Waals surface area contributed by atoms with Gasteiger partial charge >= 0.3 is 0 Å². The minimum atomic E-state index is -0.301. The summed E-state index contributed by atoms with van der Waals surface area (Å²) in [6, 6.07) is 24.7. The molecular formula is C31H25N5O4. The maximum Gasteiger partial charge on any atom is 0.255 e. The van der Waals surface area contributed by atoms with Crippen molar-refractivity contribution in [1.29, 1.82) is 5.26 Å². The third-order valence-electron chi connectivity index (χ3n) is 6.37. The molecule has 9 nitrogen and oxygen atoms in total. The molecule has 0 amide bonds. The molecule has 0 bridgehead atoms. The molecule has 0 fully saturated rings. The molecule has 198 valence electrons. The molecule has 5 rings (SSSR count). The summed E-state index contributed by atoms with van der Waals surface area (Å²) in [5, 5.41) is 17.3. The summed E-state index contributed by atoms with van der Waals surface area (Å²) in [5.74, 6) is 0.546. The topological polar surface area (TPSA) is 112 Å². The molecule has 9 heteroatoms. The number of pyridine rings is 1. The number of ketones is 1. The summed E-state index contributed by atoms with van der Waals surface area (Å²) in [5.41, 5.74) is 4.18. The van der Waals surface area contributed by atoms with Gasteiger partial charge in [0.15, 0.2) is 5.78 Å². The molecule has 3 aromatic carbocycles. The van der Waals surface area contributed by atoms with Crippen LogP contribution in [0.3, 0.4) is 0 Å². The van der Waals surface area contributed by atoms with Crippen LogP contribution in [0.25, 0.3) is 5.69 Å². The summed E-state index contributed by atoms with van der Waals surface area (Å²) in [6.07, 6.45) is 3.31. The Kier molecular flexibility index (Phi) is 7.51. The number of aryl methyl sites for hydroxylation is 1. The molecule has 5 aromatic rings. The molecule has 0 saturated heterocycles. The zero-order chi connectivity index (χ0) is 28.1. The van der Waals surface area contributed by atoms with Crippen LogP contribution >= 0.6 is 0 Å². The Labute approximate surface area is 230 Å². The molecule has 0 aliphatic rings. The van der Waals surface area contributed by atoms with Crippen molar-refractivity contribution in [1.82, 2.24) is 19.6 Å². The summed E-state index contributed by atoms with van der Waals surface area (Å²) in [4.78, 5) is 26.2. The van der Waals surface area contributed by atoms with E-state index in [1.807, 2.05) is 43.3 Å². The molecule has 0 atom stereocenters. The number of carbonyl (C=O) groups excluding carboxylic acids is 1. The summed E-state index contributed by atoms with van der Waals surface area (Å²) < 4.78 is 14.5. The van der Waals surface area contributed by atoms with E-state index in [0.29, 0.717) is 46.1 Å². The van der Waals surface area contributed by atoms with E-state index >= 15 is 0 Å². The highest BCUT2D eigenvalue weighted by Gasteiger charge is 2.18. The predicted molar refractivity (Wildman–Crippen MR) is 148 cm³/mol. The highest BCUT2D eigenvalue weighted by atomic mass is 16.5. The highest BCUT2D eigenvalue weighted by molar-refractivity contribution is 6.10. The number of para-hydroxylation sites is 1. The molecule has 0 spiro atoms. The number of rotatable bonds is 9. The number of hydrogen-bond donors (Lipinski definition) is 0. The van der Waals surface area contributed by atoms with Gasteiger partial charge in [0.05, 0.1) is 42.7 Å². The fourth-order valence-corrected chi connectivity index (χ4v) is 4.24. The number of hydrogen-bond acceptors (Lipinski definition) is 7. The van der Waals surface area contributed by atoms with E-state index in [0.717, 1.165) is 11.1 Å². The molecule has 0 N–H and O–H groups in total. The number of benzene rings is 3. The summed E-state index contributed by atoms with van der Waals surface area (Å²) in [7, 11) is 1.54. The van der Waals surface area contributed by atoms with E-state index in [1.165, 1.54) is 23.8 Å². The van der Waals surface area contributed by atoms with Gasteiger partial charge in [-0.1, -0.05) is 35.5 Å². The lowest BCUT2D eigenvalue weighted by atomic mass is 10.0. The predicted octanol–water partition coefficient (Wildman–Crippen LogP) is 4.48. The average Bonchev–Trinajstić information content (AvgIpc) is 3.43. The van der Waals surface area contributed by atoms with Gasteiger partial charge in [-0.3, -0.25) is 14.2 Å². The lowest BCUT2D eigenvalue weighted by molar-refractivity contribution is 0.103. The van der Waals surface area contributed by atoms with E-state index in [2.05, 4.69) is 16.4 Å². The van der Waals surface area contributed by atoms with Crippen LogP contribution < -0.4 is 15.0 Å². The third-order valence-corrected chi connectivity index (χ3v) is 6.37. The van der Waals surface area contributed by atoms with Crippen LogP contribution in [0.1, 0.15) is 38.3 Å². The van der Waals surface area contributed by atoms with Gasteiger partial charge in [0, 0.05) is 23.9 Å². The Morgan fingerprint density at radius 1 is 1.00 bits per heavy atom. The standard InChI is InChI=1S/C31H25N5O4/c1-21-5-3-4-6-28(21)36-18-24(11-14-30(36)37)31(38)27-13-12-26(39-2)15-29(27)40-20-25-19-35(34-33-25)17-23-9-7-22(16-32)8-10-23/h3-15,18-19H,17,20H2,1-2H3. The first-order valence-corrected chi connectivity index (χ1v) is 12.5. The zero-order valence-corrected chi connectivity index (χ0v) is 21.9. The van der Waals surface area contributed by atoms with Crippen molar-refractivity contribution in [3.63, 3.8) is 0 Å². The van der Waals surface area contributed by atoms with Gasteiger partial charge in [-0.15, -0.1) is 5.10 Å². The van der Waals surface area contributed by atoms with E-state index in [4.69, 9.17) is 14.7 Å². The molecule has 2 heterocycles. The Hall–Kier alpha value is -5.49. The lowest BCUT2D eigenvalue weighted by Gasteiger charge is -2.13.